The molecular weight excluding hydrogens is 282 g/mol. The van der Waals surface area contributed by atoms with Crippen LogP contribution in [-0.2, 0) is 0 Å². The Bertz CT molecular complexity index is 519. The van der Waals surface area contributed by atoms with Crippen LogP contribution in [0.25, 0.3) is 0 Å². The van der Waals surface area contributed by atoms with Crippen LogP contribution in [0, 0.1) is 22.7 Å². The molecule has 3 heteroatoms. The minimum Gasteiger partial charge on any atom is -0.355 e. The van der Waals surface area contributed by atoms with Gasteiger partial charge in [0, 0.05) is 23.9 Å². The molecule has 1 aliphatic heterocycles. The summed E-state index contributed by atoms with van der Waals surface area (Å²) in [6.45, 7) is 11.3. The minimum atomic E-state index is 0.0840. The van der Waals surface area contributed by atoms with E-state index in [1.807, 2.05) is 0 Å². The van der Waals surface area contributed by atoms with E-state index in [2.05, 4.69) is 69.5 Å². The molecule has 0 aromatic heterocycles. The van der Waals surface area contributed by atoms with Crippen LogP contribution in [0.1, 0.15) is 27.7 Å². The van der Waals surface area contributed by atoms with Gasteiger partial charge in [-0.2, -0.15) is 0 Å². The first kappa shape index (κ1) is 14.4. The minimum absolute atomic E-state index is 0.0840. The second-order valence-electron chi connectivity index (χ2n) is 7.10. The number of allylic oxidation sites excluding steroid dienone is 3. The van der Waals surface area contributed by atoms with Crippen molar-refractivity contribution in [3.8, 4) is 0 Å². The van der Waals surface area contributed by atoms with E-state index in [0.29, 0.717) is 16.2 Å². The lowest BCUT2D eigenvalue weighted by Crippen LogP contribution is -2.54. The van der Waals surface area contributed by atoms with Gasteiger partial charge in [0.2, 0.25) is 0 Å². The molecule has 0 bridgehead atoms. The van der Waals surface area contributed by atoms with Crippen molar-refractivity contribution in [2.24, 2.45) is 22.7 Å². The van der Waals surface area contributed by atoms with Gasteiger partial charge in [0.25, 0.3) is 0 Å². The summed E-state index contributed by atoms with van der Waals surface area (Å²) in [5, 5.41) is 0. The molecule has 3 aliphatic rings. The van der Waals surface area contributed by atoms with E-state index in [0.717, 1.165) is 13.1 Å². The zero-order valence-corrected chi connectivity index (χ0v) is 14.4. The number of thiol groups is 1. The predicted molar refractivity (Wildman–Crippen MR) is 93.0 cm³/mol. The summed E-state index contributed by atoms with van der Waals surface area (Å²) >= 11 is 9.75. The molecule has 4 unspecified atom stereocenters. The molecule has 0 N–H and O–H groups in total. The average Bonchev–Trinajstić information content (AvgIpc) is 2.36. The highest BCUT2D eigenvalue weighted by Gasteiger charge is 2.50. The Kier molecular flexibility index (Phi) is 3.22. The molecular formula is C17H23NS2. The lowest BCUT2D eigenvalue weighted by molar-refractivity contribution is 0.179. The Morgan fingerprint density at radius 3 is 2.00 bits per heavy atom. The summed E-state index contributed by atoms with van der Waals surface area (Å²) < 4.78 is 0.715. The largest absolute Gasteiger partial charge is 0.355 e. The molecule has 0 spiro atoms. The van der Waals surface area contributed by atoms with E-state index in [4.69, 9.17) is 12.2 Å². The Morgan fingerprint density at radius 2 is 1.60 bits per heavy atom. The van der Waals surface area contributed by atoms with E-state index in [1.165, 1.54) is 0 Å². The van der Waals surface area contributed by atoms with Crippen LogP contribution in [0.3, 0.4) is 0 Å². The Balaban J connectivity index is 2.17. The maximum absolute atomic E-state index is 5.33. The maximum Gasteiger partial charge on any atom is 0.133 e. The molecule has 0 amide bonds. The summed E-state index contributed by atoms with van der Waals surface area (Å²) in [5.74, 6) is 1.10. The molecule has 3 rings (SSSR count). The number of hydrogen-bond acceptors (Lipinski definition) is 1. The van der Waals surface area contributed by atoms with E-state index in [-0.39, 0.29) is 10.8 Å². The molecule has 0 aromatic rings. The van der Waals surface area contributed by atoms with Crippen molar-refractivity contribution in [3.63, 3.8) is 0 Å². The van der Waals surface area contributed by atoms with Crippen LogP contribution in [-0.4, -0.2) is 22.3 Å². The van der Waals surface area contributed by atoms with E-state index < -0.39 is 0 Å². The molecule has 1 heterocycles. The van der Waals surface area contributed by atoms with Gasteiger partial charge in [0.1, 0.15) is 4.32 Å². The zero-order chi connectivity index (χ0) is 14.7. The van der Waals surface area contributed by atoms with E-state index in [1.54, 1.807) is 11.1 Å². The van der Waals surface area contributed by atoms with E-state index in [9.17, 15) is 0 Å². The standard InChI is InChI=1S/C17H23NS2/c1-11-5-7-16(3)9-18(15(19)20)10-17(4)8-6-12(2)13(11)14(16)17/h5-8,11-12H,9-10H2,1-4H3,(H,19,20). The molecule has 1 fully saturated rings. The summed E-state index contributed by atoms with van der Waals surface area (Å²) in [6, 6.07) is 0. The number of thiocarbonyl (C=S) groups is 1. The molecule has 0 aromatic carbocycles. The van der Waals surface area contributed by atoms with Crippen LogP contribution in [0.2, 0.25) is 0 Å². The molecule has 0 saturated carbocycles. The highest BCUT2D eigenvalue weighted by molar-refractivity contribution is 8.10. The van der Waals surface area contributed by atoms with Crippen molar-refractivity contribution < 1.29 is 0 Å². The van der Waals surface area contributed by atoms with Gasteiger partial charge >= 0.3 is 0 Å². The van der Waals surface area contributed by atoms with Crippen LogP contribution in [0.4, 0.5) is 0 Å². The Hall–Kier alpha value is -0.540. The number of piperidine rings is 1. The van der Waals surface area contributed by atoms with Crippen LogP contribution >= 0.6 is 24.8 Å². The summed E-state index contributed by atoms with van der Waals surface area (Å²) in [7, 11) is 0. The highest BCUT2D eigenvalue weighted by Crippen LogP contribution is 2.55. The van der Waals surface area contributed by atoms with Gasteiger partial charge < -0.3 is 4.90 Å². The van der Waals surface area contributed by atoms with Gasteiger partial charge in [-0.05, 0) is 17.4 Å². The van der Waals surface area contributed by atoms with Crippen molar-refractivity contribution in [1.29, 1.82) is 0 Å². The van der Waals surface area contributed by atoms with Crippen molar-refractivity contribution in [3.05, 3.63) is 35.5 Å². The van der Waals surface area contributed by atoms with Crippen molar-refractivity contribution >= 4 is 29.2 Å². The topological polar surface area (TPSA) is 3.24 Å². The first-order valence-corrected chi connectivity index (χ1v) is 8.24. The first-order valence-electron chi connectivity index (χ1n) is 7.38. The Morgan fingerprint density at radius 1 is 1.15 bits per heavy atom. The fraction of sp³-hybridized carbons (Fsp3) is 0.588. The molecule has 108 valence electrons. The molecule has 0 radical (unpaired) electrons. The van der Waals surface area contributed by atoms with E-state index >= 15 is 0 Å². The summed E-state index contributed by atoms with van der Waals surface area (Å²) in [4.78, 5) is 2.25. The van der Waals surface area contributed by atoms with Gasteiger partial charge in [0.15, 0.2) is 0 Å². The number of rotatable bonds is 0. The molecule has 4 atom stereocenters. The lowest BCUT2D eigenvalue weighted by atomic mass is 9.56. The third kappa shape index (κ3) is 1.93. The van der Waals surface area contributed by atoms with Crippen molar-refractivity contribution in [2.45, 2.75) is 27.7 Å². The summed E-state index contributed by atoms with van der Waals surface area (Å²) in [6.07, 6.45) is 9.55. The van der Waals surface area contributed by atoms with Crippen molar-refractivity contribution in [2.75, 3.05) is 13.1 Å². The predicted octanol–water partition coefficient (Wildman–Crippen LogP) is 4.24. The van der Waals surface area contributed by atoms with Crippen LogP contribution in [0.5, 0.6) is 0 Å². The average molecular weight is 306 g/mol. The monoisotopic (exact) mass is 305 g/mol. The van der Waals surface area contributed by atoms with Crippen LogP contribution in [0.15, 0.2) is 35.5 Å². The second kappa shape index (κ2) is 4.48. The van der Waals surface area contributed by atoms with Gasteiger partial charge in [-0.3, -0.25) is 0 Å². The molecule has 2 aliphatic carbocycles. The zero-order valence-electron chi connectivity index (χ0n) is 12.7. The Labute approximate surface area is 133 Å². The molecule has 1 nitrogen and oxygen atoms in total. The molecule has 20 heavy (non-hydrogen) atoms. The van der Waals surface area contributed by atoms with Gasteiger partial charge in [-0.25, -0.2) is 0 Å². The normalized spacial score (nSPS) is 42.8. The summed E-state index contributed by atoms with van der Waals surface area (Å²) in [5.41, 5.74) is 3.43. The first-order chi connectivity index (χ1) is 9.27. The fourth-order valence-electron chi connectivity index (χ4n) is 4.52. The smallest absolute Gasteiger partial charge is 0.133 e. The number of nitrogens with zero attached hydrogens (tertiary/aromatic N) is 1. The van der Waals surface area contributed by atoms with Gasteiger partial charge in [0.05, 0.1) is 0 Å². The maximum atomic E-state index is 5.33. The van der Waals surface area contributed by atoms with Crippen molar-refractivity contribution in [1.82, 2.24) is 4.90 Å². The number of hydrogen-bond donors (Lipinski definition) is 1. The second-order valence-corrected chi connectivity index (χ2v) is 8.21. The highest BCUT2D eigenvalue weighted by atomic mass is 32.1. The van der Waals surface area contributed by atoms with Gasteiger partial charge in [-0.1, -0.05) is 69.8 Å². The number of likely N-dealkylation sites (tertiary alicyclic amines) is 1. The lowest BCUT2D eigenvalue weighted by Gasteiger charge is -2.55. The third-order valence-electron chi connectivity index (χ3n) is 5.23. The fourth-order valence-corrected chi connectivity index (χ4v) is 4.79. The van der Waals surface area contributed by atoms with Crippen LogP contribution < -0.4 is 0 Å². The third-order valence-corrected chi connectivity index (χ3v) is 5.77. The SMILES string of the molecule is CC1C=CC2(C)CN(C(=S)S)CC3(C)C=CC(C)C1=C23. The molecule has 1 saturated heterocycles. The van der Waals surface area contributed by atoms with Gasteiger partial charge in [-0.15, -0.1) is 12.6 Å². The quantitative estimate of drug-likeness (QED) is 0.405.